The number of methoxy groups -OCH3 is 1. The highest BCUT2D eigenvalue weighted by Crippen LogP contribution is 2.31. The summed E-state index contributed by atoms with van der Waals surface area (Å²) in [5, 5.41) is 3.87. The van der Waals surface area contributed by atoms with Gasteiger partial charge in [0.25, 0.3) is 0 Å². The largest absolute Gasteiger partial charge is 0.496 e. The Morgan fingerprint density at radius 3 is 2.90 bits per heavy atom. The fourth-order valence-corrected chi connectivity index (χ4v) is 4.04. The number of rotatable bonds is 4. The summed E-state index contributed by atoms with van der Waals surface area (Å²) in [6, 6.07) is 8.18. The summed E-state index contributed by atoms with van der Waals surface area (Å²) in [6.45, 7) is 6.97. The number of aryl methyl sites for hydroxylation is 1. The van der Waals surface area contributed by atoms with E-state index in [2.05, 4.69) is 42.3 Å². The molecule has 3 atom stereocenters. The van der Waals surface area contributed by atoms with Gasteiger partial charge in [-0.15, -0.1) is 0 Å². The monoisotopic (exact) mass is 288 g/mol. The minimum atomic E-state index is 0.340. The van der Waals surface area contributed by atoms with E-state index in [4.69, 9.17) is 4.74 Å². The highest BCUT2D eigenvalue weighted by Gasteiger charge is 2.36. The lowest BCUT2D eigenvalue weighted by Gasteiger charge is -2.34. The second-order valence-corrected chi connectivity index (χ2v) is 6.63. The third-order valence-corrected chi connectivity index (χ3v) is 5.17. The molecule has 116 valence electrons. The van der Waals surface area contributed by atoms with E-state index in [1.54, 1.807) is 7.11 Å². The Morgan fingerprint density at radius 1 is 1.24 bits per heavy atom. The molecule has 2 fully saturated rings. The Kier molecular flexibility index (Phi) is 4.51. The minimum Gasteiger partial charge on any atom is -0.496 e. The van der Waals surface area contributed by atoms with Crippen molar-refractivity contribution in [2.75, 3.05) is 20.2 Å². The maximum atomic E-state index is 5.54. The van der Waals surface area contributed by atoms with E-state index in [1.807, 2.05) is 0 Å². The van der Waals surface area contributed by atoms with E-state index in [0.29, 0.717) is 12.1 Å². The third kappa shape index (κ3) is 3.09. The van der Waals surface area contributed by atoms with Gasteiger partial charge in [0.2, 0.25) is 0 Å². The van der Waals surface area contributed by atoms with Crippen molar-refractivity contribution in [3.8, 4) is 5.75 Å². The SMILES string of the molecule is COc1ccc(C)cc1C(C)NC1CCN2CCCCC12. The topological polar surface area (TPSA) is 24.5 Å². The predicted molar refractivity (Wildman–Crippen MR) is 86.9 cm³/mol. The molecule has 2 saturated heterocycles. The highest BCUT2D eigenvalue weighted by atomic mass is 16.5. The third-order valence-electron chi connectivity index (χ3n) is 5.17. The molecule has 3 heteroatoms. The van der Waals surface area contributed by atoms with E-state index >= 15 is 0 Å². The molecule has 2 heterocycles. The number of benzene rings is 1. The summed E-state index contributed by atoms with van der Waals surface area (Å²) >= 11 is 0. The molecule has 0 bridgehead atoms. The first-order chi connectivity index (χ1) is 10.2. The van der Waals surface area contributed by atoms with E-state index in [9.17, 15) is 0 Å². The zero-order valence-corrected chi connectivity index (χ0v) is 13.6. The standard InChI is InChI=1S/C18H28N2O/c1-13-7-8-18(21-3)15(12-13)14(2)19-16-9-11-20-10-5-4-6-17(16)20/h7-8,12,14,16-17,19H,4-6,9-11H2,1-3H3. The summed E-state index contributed by atoms with van der Waals surface area (Å²) in [6.07, 6.45) is 5.41. The predicted octanol–water partition coefficient (Wildman–Crippen LogP) is 3.28. The van der Waals surface area contributed by atoms with Crippen molar-refractivity contribution in [1.82, 2.24) is 10.2 Å². The Morgan fingerprint density at radius 2 is 2.10 bits per heavy atom. The molecule has 3 unspecified atom stereocenters. The van der Waals surface area contributed by atoms with Crippen molar-refractivity contribution in [2.24, 2.45) is 0 Å². The van der Waals surface area contributed by atoms with Crippen molar-refractivity contribution in [3.05, 3.63) is 29.3 Å². The van der Waals surface area contributed by atoms with Crippen LogP contribution in [0.25, 0.3) is 0 Å². The molecule has 2 aliphatic rings. The second kappa shape index (κ2) is 6.37. The van der Waals surface area contributed by atoms with Gasteiger partial charge >= 0.3 is 0 Å². The van der Waals surface area contributed by atoms with E-state index in [-0.39, 0.29) is 0 Å². The van der Waals surface area contributed by atoms with Gasteiger partial charge in [-0.25, -0.2) is 0 Å². The Labute approximate surface area is 128 Å². The fraction of sp³-hybridized carbons (Fsp3) is 0.667. The number of fused-ring (bicyclic) bond motifs is 1. The highest BCUT2D eigenvalue weighted by molar-refractivity contribution is 5.39. The van der Waals surface area contributed by atoms with E-state index in [1.165, 1.54) is 49.9 Å². The molecule has 3 nitrogen and oxygen atoms in total. The number of nitrogens with one attached hydrogen (secondary N) is 1. The van der Waals surface area contributed by atoms with Gasteiger partial charge in [0.05, 0.1) is 7.11 Å². The van der Waals surface area contributed by atoms with Gasteiger partial charge in [-0.05, 0) is 45.7 Å². The molecule has 21 heavy (non-hydrogen) atoms. The van der Waals surface area contributed by atoms with Crippen LogP contribution in [-0.2, 0) is 0 Å². The lowest BCUT2D eigenvalue weighted by molar-refractivity contribution is 0.177. The fourth-order valence-electron chi connectivity index (χ4n) is 4.04. The van der Waals surface area contributed by atoms with E-state index < -0.39 is 0 Å². The Bertz CT molecular complexity index is 488. The van der Waals surface area contributed by atoms with Crippen molar-refractivity contribution in [1.29, 1.82) is 0 Å². The molecule has 0 aliphatic carbocycles. The van der Waals surface area contributed by atoms with Crippen molar-refractivity contribution < 1.29 is 4.74 Å². The summed E-state index contributed by atoms with van der Waals surface area (Å²) in [5.41, 5.74) is 2.58. The number of hydrogen-bond donors (Lipinski definition) is 1. The zero-order chi connectivity index (χ0) is 14.8. The first-order valence-corrected chi connectivity index (χ1v) is 8.33. The van der Waals surface area contributed by atoms with Gasteiger partial charge in [-0.1, -0.05) is 24.1 Å². The smallest absolute Gasteiger partial charge is 0.123 e. The molecule has 0 aromatic heterocycles. The van der Waals surface area contributed by atoms with Gasteiger partial charge in [0.1, 0.15) is 5.75 Å². The van der Waals surface area contributed by atoms with Gasteiger partial charge in [-0.2, -0.15) is 0 Å². The summed E-state index contributed by atoms with van der Waals surface area (Å²) in [5.74, 6) is 0.999. The normalized spacial score (nSPS) is 27.4. The van der Waals surface area contributed by atoms with Gasteiger partial charge in [0.15, 0.2) is 0 Å². The maximum absolute atomic E-state index is 5.54. The molecule has 1 aromatic carbocycles. The molecule has 0 spiro atoms. The maximum Gasteiger partial charge on any atom is 0.123 e. The van der Waals surface area contributed by atoms with Crippen molar-refractivity contribution in [3.63, 3.8) is 0 Å². The lowest BCUT2D eigenvalue weighted by Crippen LogP contribution is -2.45. The molecule has 0 saturated carbocycles. The van der Waals surface area contributed by atoms with E-state index in [0.717, 1.165) is 11.8 Å². The van der Waals surface area contributed by atoms with Crippen LogP contribution in [0.15, 0.2) is 18.2 Å². The molecule has 0 amide bonds. The second-order valence-electron chi connectivity index (χ2n) is 6.63. The first kappa shape index (κ1) is 14.9. The molecular weight excluding hydrogens is 260 g/mol. The Hall–Kier alpha value is -1.06. The lowest BCUT2D eigenvalue weighted by atomic mass is 9.97. The van der Waals surface area contributed by atoms with Crippen molar-refractivity contribution >= 4 is 0 Å². The van der Waals surface area contributed by atoms with Gasteiger partial charge in [-0.3, -0.25) is 4.90 Å². The molecule has 2 aliphatic heterocycles. The quantitative estimate of drug-likeness (QED) is 0.920. The minimum absolute atomic E-state index is 0.340. The van der Waals surface area contributed by atoms with Gasteiger partial charge in [0, 0.05) is 30.2 Å². The summed E-state index contributed by atoms with van der Waals surface area (Å²) in [4.78, 5) is 2.68. The molecule has 0 radical (unpaired) electrons. The average Bonchev–Trinajstić information content (AvgIpc) is 2.90. The number of ether oxygens (including phenoxy) is 1. The number of nitrogens with zero attached hydrogens (tertiary/aromatic N) is 1. The summed E-state index contributed by atoms with van der Waals surface area (Å²) in [7, 11) is 1.76. The van der Waals surface area contributed by atoms with Crippen molar-refractivity contribution in [2.45, 2.75) is 57.7 Å². The molecule has 3 rings (SSSR count). The van der Waals surface area contributed by atoms with Gasteiger partial charge < -0.3 is 10.1 Å². The zero-order valence-electron chi connectivity index (χ0n) is 13.6. The number of hydrogen-bond acceptors (Lipinski definition) is 3. The first-order valence-electron chi connectivity index (χ1n) is 8.33. The van der Waals surface area contributed by atoms with Crippen LogP contribution in [0.4, 0.5) is 0 Å². The molecular formula is C18H28N2O. The number of piperidine rings is 1. The van der Waals surface area contributed by atoms with Crippen LogP contribution in [0, 0.1) is 6.92 Å². The summed E-state index contributed by atoms with van der Waals surface area (Å²) < 4.78 is 5.54. The van der Waals surface area contributed by atoms with Crippen LogP contribution < -0.4 is 10.1 Å². The van der Waals surface area contributed by atoms with Crippen LogP contribution in [0.1, 0.15) is 49.8 Å². The van der Waals surface area contributed by atoms with Crippen LogP contribution in [-0.4, -0.2) is 37.2 Å². The Balaban J connectivity index is 1.71. The van der Waals surface area contributed by atoms with Crippen LogP contribution in [0.5, 0.6) is 5.75 Å². The average molecular weight is 288 g/mol. The van der Waals surface area contributed by atoms with Crippen LogP contribution in [0.3, 0.4) is 0 Å². The van der Waals surface area contributed by atoms with Crippen LogP contribution in [0.2, 0.25) is 0 Å². The van der Waals surface area contributed by atoms with Crippen LogP contribution >= 0.6 is 0 Å². The molecule has 1 aromatic rings. The molecule has 1 N–H and O–H groups in total.